The Morgan fingerprint density at radius 3 is 2.67 bits per heavy atom. The predicted molar refractivity (Wildman–Crippen MR) is 75.6 cm³/mol. The quantitative estimate of drug-likeness (QED) is 0.548. The molecule has 1 heterocycles. The van der Waals surface area contributed by atoms with Gasteiger partial charge in [0.05, 0.1) is 24.5 Å². The molecule has 0 fully saturated rings. The van der Waals surface area contributed by atoms with Crippen molar-refractivity contribution >= 4 is 17.5 Å². The maximum absolute atomic E-state index is 12.0. The number of esters is 1. The molecule has 0 saturated carbocycles. The van der Waals surface area contributed by atoms with E-state index in [-0.39, 0.29) is 41.6 Å². The summed E-state index contributed by atoms with van der Waals surface area (Å²) in [6.07, 6.45) is 4.46. The molecule has 1 aliphatic carbocycles. The van der Waals surface area contributed by atoms with Gasteiger partial charge in [-0.15, -0.1) is 0 Å². The predicted octanol–water partition coefficient (Wildman–Crippen LogP) is 2.55. The largest absolute Gasteiger partial charge is 0.512 e. The number of rotatable bonds is 0. The van der Waals surface area contributed by atoms with E-state index in [0.717, 1.165) is 25.7 Å². The lowest BCUT2D eigenvalue weighted by Crippen LogP contribution is -2.22. The third-order valence-electron chi connectivity index (χ3n) is 3.75. The monoisotopic (exact) mass is 292 g/mol. The van der Waals surface area contributed by atoms with Gasteiger partial charge in [0.15, 0.2) is 11.6 Å². The van der Waals surface area contributed by atoms with Crippen LogP contribution in [-0.2, 0) is 19.1 Å². The van der Waals surface area contributed by atoms with E-state index in [4.69, 9.17) is 4.74 Å². The van der Waals surface area contributed by atoms with Crippen molar-refractivity contribution in [3.8, 4) is 0 Å². The molecule has 0 radical (unpaired) electrons. The third kappa shape index (κ3) is 4.03. The Bertz CT molecular complexity index is 527. The zero-order chi connectivity index (χ0) is 15.4. The smallest absolute Gasteiger partial charge is 0.310 e. The van der Waals surface area contributed by atoms with E-state index in [1.54, 1.807) is 0 Å². The first-order chi connectivity index (χ1) is 9.97. The number of aliphatic hydroxyl groups is 1. The highest BCUT2D eigenvalue weighted by molar-refractivity contribution is 6.17. The summed E-state index contributed by atoms with van der Waals surface area (Å²) in [5, 5.41) is 10.1. The molecule has 1 aliphatic heterocycles. The van der Waals surface area contributed by atoms with Gasteiger partial charge in [-0.1, -0.05) is 6.42 Å². The van der Waals surface area contributed by atoms with Crippen LogP contribution in [0.3, 0.4) is 0 Å². The topological polar surface area (TPSA) is 80.7 Å². The first-order valence-corrected chi connectivity index (χ1v) is 7.36. The molecule has 0 aromatic rings. The average Bonchev–Trinajstić information content (AvgIpc) is 2.35. The minimum atomic E-state index is -0.470. The number of ketones is 2. The van der Waals surface area contributed by atoms with E-state index in [1.165, 1.54) is 6.08 Å². The summed E-state index contributed by atoms with van der Waals surface area (Å²) >= 11 is 0. The summed E-state index contributed by atoms with van der Waals surface area (Å²) in [7, 11) is 0. The van der Waals surface area contributed by atoms with Crippen molar-refractivity contribution in [3.63, 3.8) is 0 Å². The Balaban J connectivity index is 2.33. The molecule has 5 heteroatoms. The van der Waals surface area contributed by atoms with E-state index < -0.39 is 11.8 Å². The lowest BCUT2D eigenvalue weighted by atomic mass is 9.87. The molecule has 0 saturated heterocycles. The molecule has 0 amide bonds. The van der Waals surface area contributed by atoms with E-state index in [2.05, 4.69) is 0 Å². The highest BCUT2D eigenvalue weighted by Crippen LogP contribution is 2.28. The van der Waals surface area contributed by atoms with E-state index in [9.17, 15) is 19.5 Å². The van der Waals surface area contributed by atoms with Crippen LogP contribution < -0.4 is 0 Å². The molecule has 114 valence electrons. The van der Waals surface area contributed by atoms with Crippen molar-refractivity contribution in [3.05, 3.63) is 23.0 Å². The number of fused-ring (bicyclic) bond motifs is 1. The number of allylic oxidation sites excluding steroid dienone is 3. The van der Waals surface area contributed by atoms with Gasteiger partial charge < -0.3 is 9.84 Å². The second kappa shape index (κ2) is 6.70. The molecule has 0 spiro atoms. The molecule has 1 unspecified atom stereocenters. The van der Waals surface area contributed by atoms with Crippen LogP contribution in [0.2, 0.25) is 0 Å². The molecule has 5 nitrogen and oxygen atoms in total. The normalized spacial score (nSPS) is 25.5. The van der Waals surface area contributed by atoms with Crippen molar-refractivity contribution in [1.29, 1.82) is 0 Å². The maximum Gasteiger partial charge on any atom is 0.310 e. The summed E-state index contributed by atoms with van der Waals surface area (Å²) in [6, 6.07) is 0. The number of Topliss-reactive ketones (excluding diaryl/α,β-unsaturated/α-hetero) is 1. The first-order valence-electron chi connectivity index (χ1n) is 7.36. The van der Waals surface area contributed by atoms with Gasteiger partial charge in [-0.25, -0.2) is 0 Å². The Morgan fingerprint density at radius 1 is 1.14 bits per heavy atom. The van der Waals surface area contributed by atoms with Gasteiger partial charge >= 0.3 is 5.97 Å². The van der Waals surface area contributed by atoms with E-state index >= 15 is 0 Å². The van der Waals surface area contributed by atoms with Crippen LogP contribution in [0.15, 0.2) is 23.0 Å². The van der Waals surface area contributed by atoms with Crippen molar-refractivity contribution in [1.82, 2.24) is 0 Å². The lowest BCUT2D eigenvalue weighted by Gasteiger charge is -2.19. The number of hydrogen-bond acceptors (Lipinski definition) is 5. The van der Waals surface area contributed by atoms with Crippen LogP contribution in [0.5, 0.6) is 0 Å². The molecule has 0 bridgehead atoms. The highest BCUT2D eigenvalue weighted by Gasteiger charge is 2.28. The summed E-state index contributed by atoms with van der Waals surface area (Å²) in [5.41, 5.74) is 0.423. The minimum absolute atomic E-state index is 0.0137. The zero-order valence-electron chi connectivity index (χ0n) is 12.2. The van der Waals surface area contributed by atoms with Crippen LogP contribution in [0.25, 0.3) is 0 Å². The fourth-order valence-corrected chi connectivity index (χ4v) is 2.74. The Morgan fingerprint density at radius 2 is 1.90 bits per heavy atom. The van der Waals surface area contributed by atoms with Gasteiger partial charge in [-0.2, -0.15) is 0 Å². The standard InChI is InChI=1S/C16H20O5/c1-10-5-3-2-4-6-13(18)16-11(8-15(20)21-10)7-12(17)9-14(16)19/h7,10,18H,2-6,8-9H2,1H3. The van der Waals surface area contributed by atoms with Crippen molar-refractivity contribution in [2.75, 3.05) is 0 Å². The summed E-state index contributed by atoms with van der Waals surface area (Å²) < 4.78 is 5.27. The number of carbonyl (C=O) groups excluding carboxylic acids is 3. The Hall–Kier alpha value is -1.91. The number of aliphatic hydroxyl groups excluding tert-OH is 1. The summed E-state index contributed by atoms with van der Waals surface area (Å²) in [6.45, 7) is 1.84. The lowest BCUT2D eigenvalue weighted by molar-refractivity contribution is -0.147. The number of cyclic esters (lactones) is 1. The van der Waals surface area contributed by atoms with Crippen molar-refractivity contribution in [2.24, 2.45) is 0 Å². The maximum atomic E-state index is 12.0. The number of carbonyl (C=O) groups is 3. The zero-order valence-corrected chi connectivity index (χ0v) is 12.2. The fraction of sp³-hybridized carbons (Fsp3) is 0.562. The molecular formula is C16H20O5. The second-order valence-electron chi connectivity index (χ2n) is 5.63. The first kappa shape index (κ1) is 15.5. The van der Waals surface area contributed by atoms with Gasteiger partial charge in [0.1, 0.15) is 5.76 Å². The van der Waals surface area contributed by atoms with E-state index in [1.807, 2.05) is 6.92 Å². The molecule has 0 aromatic carbocycles. The van der Waals surface area contributed by atoms with Gasteiger partial charge in [0, 0.05) is 6.42 Å². The summed E-state index contributed by atoms with van der Waals surface area (Å²) in [5.74, 6) is -1.23. The Labute approximate surface area is 123 Å². The minimum Gasteiger partial charge on any atom is -0.512 e. The molecule has 2 aliphatic rings. The van der Waals surface area contributed by atoms with Crippen LogP contribution in [0.1, 0.15) is 51.9 Å². The molecule has 2 rings (SSSR count). The molecule has 21 heavy (non-hydrogen) atoms. The van der Waals surface area contributed by atoms with Crippen LogP contribution in [0.4, 0.5) is 0 Å². The second-order valence-corrected chi connectivity index (χ2v) is 5.63. The van der Waals surface area contributed by atoms with Gasteiger partial charge in [0.2, 0.25) is 0 Å². The van der Waals surface area contributed by atoms with Crippen LogP contribution in [0, 0.1) is 0 Å². The molecule has 1 N–H and O–H groups in total. The van der Waals surface area contributed by atoms with Crippen LogP contribution in [-0.4, -0.2) is 28.7 Å². The van der Waals surface area contributed by atoms with E-state index in [0.29, 0.717) is 6.42 Å². The van der Waals surface area contributed by atoms with Gasteiger partial charge in [-0.3, -0.25) is 14.4 Å². The Kier molecular flexibility index (Phi) is 4.94. The fourth-order valence-electron chi connectivity index (χ4n) is 2.74. The molecule has 0 aromatic heterocycles. The SMILES string of the molecule is CC1CCCCCC(O)=C2C(=O)CC(=O)C=C2CC(=O)O1. The van der Waals surface area contributed by atoms with Crippen LogP contribution >= 0.6 is 0 Å². The molecular weight excluding hydrogens is 272 g/mol. The van der Waals surface area contributed by atoms with Gasteiger partial charge in [0.25, 0.3) is 0 Å². The number of hydrogen-bond donors (Lipinski definition) is 1. The molecule has 1 atom stereocenters. The third-order valence-corrected chi connectivity index (χ3v) is 3.75. The highest BCUT2D eigenvalue weighted by atomic mass is 16.5. The van der Waals surface area contributed by atoms with Crippen molar-refractivity contribution in [2.45, 2.75) is 58.0 Å². The summed E-state index contributed by atoms with van der Waals surface area (Å²) in [4.78, 5) is 35.4. The van der Waals surface area contributed by atoms with Crippen molar-refractivity contribution < 1.29 is 24.2 Å². The number of ether oxygens (including phenoxy) is 1. The average molecular weight is 292 g/mol. The van der Waals surface area contributed by atoms with Gasteiger partial charge in [-0.05, 0) is 37.8 Å².